The van der Waals surface area contributed by atoms with Crippen LogP contribution < -0.4 is 28.9 Å². The van der Waals surface area contributed by atoms with Crippen LogP contribution >= 0.6 is 0 Å². The lowest BCUT2D eigenvalue weighted by Crippen LogP contribution is -3.09. The lowest BCUT2D eigenvalue weighted by atomic mass is 10.2. The van der Waals surface area contributed by atoms with Crippen LogP contribution in [0.1, 0.15) is 58.8 Å². The van der Waals surface area contributed by atoms with Crippen molar-refractivity contribution in [2.24, 2.45) is 0 Å². The smallest absolute Gasteiger partial charge is 0.0768 e. The summed E-state index contributed by atoms with van der Waals surface area (Å²) >= 11 is 0. The average Bonchev–Trinajstić information content (AvgIpc) is 2.13. The molecule has 0 spiro atoms. The lowest BCUT2D eigenvalue weighted by Gasteiger charge is -2.13. The Morgan fingerprint density at radius 2 is 1.14 bits per heavy atom. The van der Waals surface area contributed by atoms with E-state index in [9.17, 15) is 0 Å². The van der Waals surface area contributed by atoms with Crippen LogP contribution in [-0.2, 0) is 0 Å². The normalized spacial score (nSPS) is 12.2. The molecule has 0 aliphatic rings. The second-order valence-corrected chi connectivity index (χ2v) is 4.22. The number of quaternary nitrogens is 1. The molecule has 0 amide bonds. The second kappa shape index (κ2) is 13.7. The largest absolute Gasteiger partial charge is 1.00 e. The van der Waals surface area contributed by atoms with E-state index in [0.29, 0.717) is 0 Å². The Morgan fingerprint density at radius 1 is 0.714 bits per heavy atom. The standard InChI is InChI=1S/C12H27N.HI/c1-4-6-8-10-12-13(3)11-9-7-5-2;/h4-12H2,1-3H3;1H. The van der Waals surface area contributed by atoms with Crippen LogP contribution in [0.25, 0.3) is 0 Å². The van der Waals surface area contributed by atoms with Crippen molar-refractivity contribution in [2.45, 2.75) is 58.8 Å². The van der Waals surface area contributed by atoms with Crippen molar-refractivity contribution in [1.82, 2.24) is 0 Å². The molecule has 0 saturated heterocycles. The van der Waals surface area contributed by atoms with E-state index in [1.54, 1.807) is 4.90 Å². The fourth-order valence-corrected chi connectivity index (χ4v) is 1.66. The Hall–Kier alpha value is 0.690. The third-order valence-electron chi connectivity index (χ3n) is 2.66. The number of halogens is 1. The van der Waals surface area contributed by atoms with E-state index in [1.807, 2.05) is 0 Å². The molecule has 0 aromatic heterocycles. The van der Waals surface area contributed by atoms with E-state index in [0.717, 1.165) is 0 Å². The molecule has 2 heteroatoms. The van der Waals surface area contributed by atoms with Gasteiger partial charge in [-0.15, -0.1) is 0 Å². The van der Waals surface area contributed by atoms with Gasteiger partial charge in [-0.2, -0.15) is 0 Å². The number of hydrogen-bond donors (Lipinski definition) is 1. The third kappa shape index (κ3) is 12.7. The van der Waals surface area contributed by atoms with E-state index in [1.165, 1.54) is 58.0 Å². The molecule has 0 aliphatic heterocycles. The first-order chi connectivity index (χ1) is 6.31. The maximum atomic E-state index is 2.33. The molecule has 0 fully saturated rings. The Kier molecular flexibility index (Phi) is 16.7. The van der Waals surface area contributed by atoms with Gasteiger partial charge in [-0.25, -0.2) is 0 Å². The van der Waals surface area contributed by atoms with E-state index in [-0.39, 0.29) is 24.0 Å². The summed E-state index contributed by atoms with van der Waals surface area (Å²) < 4.78 is 0. The van der Waals surface area contributed by atoms with Gasteiger partial charge in [0.05, 0.1) is 20.1 Å². The summed E-state index contributed by atoms with van der Waals surface area (Å²) in [6, 6.07) is 0. The zero-order valence-corrected chi connectivity index (χ0v) is 12.4. The summed E-state index contributed by atoms with van der Waals surface area (Å²) in [6.07, 6.45) is 9.80. The highest BCUT2D eigenvalue weighted by atomic mass is 127. The Labute approximate surface area is 108 Å². The average molecular weight is 313 g/mol. The van der Waals surface area contributed by atoms with Crippen LogP contribution in [0.2, 0.25) is 0 Å². The maximum Gasteiger partial charge on any atom is 0.0768 e. The summed E-state index contributed by atoms with van der Waals surface area (Å²) in [6.45, 7) is 7.30. The second-order valence-electron chi connectivity index (χ2n) is 4.22. The van der Waals surface area contributed by atoms with Crippen molar-refractivity contribution in [3.8, 4) is 0 Å². The highest BCUT2D eigenvalue weighted by molar-refractivity contribution is 4.39. The van der Waals surface area contributed by atoms with Gasteiger partial charge in [0.2, 0.25) is 0 Å². The van der Waals surface area contributed by atoms with Crippen molar-refractivity contribution < 1.29 is 28.9 Å². The lowest BCUT2D eigenvalue weighted by molar-refractivity contribution is -0.880. The summed E-state index contributed by atoms with van der Waals surface area (Å²) in [5, 5.41) is 0. The molecular weight excluding hydrogens is 285 g/mol. The molecule has 0 rings (SSSR count). The fraction of sp³-hybridized carbons (Fsp3) is 1.00. The molecule has 0 aromatic carbocycles. The highest BCUT2D eigenvalue weighted by Crippen LogP contribution is 1.96. The van der Waals surface area contributed by atoms with Gasteiger partial charge in [-0.05, 0) is 25.7 Å². The first-order valence-electron chi connectivity index (χ1n) is 6.12. The maximum absolute atomic E-state index is 2.33. The van der Waals surface area contributed by atoms with Crippen LogP contribution in [0.5, 0.6) is 0 Å². The number of rotatable bonds is 9. The molecule has 0 saturated carbocycles. The van der Waals surface area contributed by atoms with Crippen molar-refractivity contribution in [2.75, 3.05) is 20.1 Å². The number of hydrogen-bond acceptors (Lipinski definition) is 0. The van der Waals surface area contributed by atoms with Crippen molar-refractivity contribution in [3.63, 3.8) is 0 Å². The van der Waals surface area contributed by atoms with Gasteiger partial charge in [0, 0.05) is 0 Å². The molecule has 14 heavy (non-hydrogen) atoms. The SMILES string of the molecule is CCCCCC[NH+](C)CCCCC.[I-]. The minimum atomic E-state index is 0. The first kappa shape index (κ1) is 17.1. The molecule has 88 valence electrons. The minimum Gasteiger partial charge on any atom is -1.00 e. The molecule has 0 bridgehead atoms. The Bertz CT molecular complexity index is 96.3. The summed E-state index contributed by atoms with van der Waals surface area (Å²) in [4.78, 5) is 1.73. The van der Waals surface area contributed by atoms with Gasteiger partial charge in [0.25, 0.3) is 0 Å². The molecule has 0 aliphatic carbocycles. The van der Waals surface area contributed by atoms with Gasteiger partial charge in [0.15, 0.2) is 0 Å². The van der Waals surface area contributed by atoms with Gasteiger partial charge < -0.3 is 28.9 Å². The quantitative estimate of drug-likeness (QED) is 0.423. The van der Waals surface area contributed by atoms with Crippen LogP contribution in [-0.4, -0.2) is 20.1 Å². The van der Waals surface area contributed by atoms with Crippen LogP contribution in [0.15, 0.2) is 0 Å². The highest BCUT2D eigenvalue weighted by Gasteiger charge is 1.99. The van der Waals surface area contributed by atoms with E-state index in [4.69, 9.17) is 0 Å². The molecule has 1 unspecified atom stereocenters. The van der Waals surface area contributed by atoms with Gasteiger partial charge >= 0.3 is 0 Å². The van der Waals surface area contributed by atoms with Crippen LogP contribution in [0.3, 0.4) is 0 Å². The summed E-state index contributed by atoms with van der Waals surface area (Å²) in [5.41, 5.74) is 0. The molecule has 0 radical (unpaired) electrons. The fourth-order valence-electron chi connectivity index (χ4n) is 1.66. The molecule has 0 aromatic rings. The molecule has 1 nitrogen and oxygen atoms in total. The van der Waals surface area contributed by atoms with Crippen molar-refractivity contribution >= 4 is 0 Å². The predicted molar refractivity (Wildman–Crippen MR) is 60.3 cm³/mol. The van der Waals surface area contributed by atoms with Gasteiger partial charge in [-0.1, -0.05) is 33.1 Å². The predicted octanol–water partition coefficient (Wildman–Crippen LogP) is -0.724. The first-order valence-corrected chi connectivity index (χ1v) is 6.12. The van der Waals surface area contributed by atoms with Crippen LogP contribution in [0.4, 0.5) is 0 Å². The number of nitrogens with one attached hydrogen (secondary N) is 1. The topological polar surface area (TPSA) is 4.44 Å². The Balaban J connectivity index is 0. The minimum absolute atomic E-state index is 0. The van der Waals surface area contributed by atoms with E-state index >= 15 is 0 Å². The van der Waals surface area contributed by atoms with Gasteiger partial charge in [-0.3, -0.25) is 0 Å². The molecule has 0 heterocycles. The van der Waals surface area contributed by atoms with Crippen LogP contribution in [0, 0.1) is 0 Å². The monoisotopic (exact) mass is 313 g/mol. The van der Waals surface area contributed by atoms with E-state index in [2.05, 4.69) is 20.9 Å². The zero-order valence-electron chi connectivity index (χ0n) is 10.2. The summed E-state index contributed by atoms with van der Waals surface area (Å²) in [7, 11) is 2.33. The zero-order chi connectivity index (χ0) is 9.94. The molecular formula is C12H28IN. The molecule has 1 N–H and O–H groups in total. The Morgan fingerprint density at radius 3 is 1.64 bits per heavy atom. The van der Waals surface area contributed by atoms with Crippen molar-refractivity contribution in [1.29, 1.82) is 0 Å². The molecule has 1 atom stereocenters. The van der Waals surface area contributed by atoms with Gasteiger partial charge in [0.1, 0.15) is 0 Å². The third-order valence-corrected chi connectivity index (χ3v) is 2.66. The summed E-state index contributed by atoms with van der Waals surface area (Å²) in [5.74, 6) is 0. The van der Waals surface area contributed by atoms with Crippen molar-refractivity contribution in [3.05, 3.63) is 0 Å². The van der Waals surface area contributed by atoms with E-state index < -0.39 is 0 Å². The number of unbranched alkanes of at least 4 members (excludes halogenated alkanes) is 5.